The zero-order valence-corrected chi connectivity index (χ0v) is 21.4. The normalized spacial score (nSPS) is 12.0. The SMILES string of the molecule is Brc1cccc([SiH2]CCCC[SiH2]c2cccc(Br)c2Br)c1Br. The van der Waals surface area contributed by atoms with Crippen molar-refractivity contribution in [3.05, 3.63) is 54.3 Å². The fourth-order valence-corrected chi connectivity index (χ4v) is 8.91. The van der Waals surface area contributed by atoms with E-state index in [1.54, 1.807) is 10.4 Å². The third-order valence-electron chi connectivity index (χ3n) is 3.71. The zero-order valence-electron chi connectivity index (χ0n) is 12.2. The molecule has 0 heterocycles. The van der Waals surface area contributed by atoms with Crippen LogP contribution in [0, 0.1) is 0 Å². The highest BCUT2D eigenvalue weighted by atomic mass is 79.9. The smallest absolute Gasteiger partial charge is 0.0562 e. The van der Waals surface area contributed by atoms with Crippen LogP contribution in [0.3, 0.4) is 0 Å². The summed E-state index contributed by atoms with van der Waals surface area (Å²) in [6, 6.07) is 15.9. The Morgan fingerprint density at radius 3 is 1.45 bits per heavy atom. The van der Waals surface area contributed by atoms with E-state index in [1.165, 1.54) is 42.8 Å². The van der Waals surface area contributed by atoms with Crippen molar-refractivity contribution in [2.45, 2.75) is 24.9 Å². The minimum absolute atomic E-state index is 0.145. The fourth-order valence-electron chi connectivity index (χ4n) is 2.47. The maximum atomic E-state index is 3.69. The molecule has 0 spiro atoms. The summed E-state index contributed by atoms with van der Waals surface area (Å²) in [5.74, 6) is 0. The molecular weight excluding hydrogens is 568 g/mol. The van der Waals surface area contributed by atoms with E-state index in [0.29, 0.717) is 0 Å². The third-order valence-corrected chi connectivity index (χ3v) is 13.0. The lowest BCUT2D eigenvalue weighted by Crippen LogP contribution is -2.16. The van der Waals surface area contributed by atoms with Crippen LogP contribution in [-0.2, 0) is 0 Å². The lowest BCUT2D eigenvalue weighted by Gasteiger charge is -2.07. The van der Waals surface area contributed by atoms with Gasteiger partial charge >= 0.3 is 0 Å². The van der Waals surface area contributed by atoms with Crippen molar-refractivity contribution in [3.8, 4) is 0 Å². The largest absolute Gasteiger partial charge is 0.0625 e. The van der Waals surface area contributed by atoms with Crippen LogP contribution in [0.4, 0.5) is 0 Å². The third kappa shape index (κ3) is 5.70. The standard InChI is InChI=1S/C16H18Br4Si2/c17-11-5-3-7-13(15(11)19)21-9-1-2-10-22-14-8-4-6-12(18)16(14)20/h3-8H,1-2,9-10,21-22H2. The van der Waals surface area contributed by atoms with Crippen molar-refractivity contribution in [2.24, 2.45) is 0 Å². The van der Waals surface area contributed by atoms with Gasteiger partial charge in [0.25, 0.3) is 0 Å². The topological polar surface area (TPSA) is 0 Å². The summed E-state index contributed by atoms with van der Waals surface area (Å²) in [4.78, 5) is 0. The molecule has 0 bridgehead atoms. The van der Waals surface area contributed by atoms with E-state index in [1.807, 2.05) is 0 Å². The maximum absolute atomic E-state index is 3.69. The Kier molecular flexibility index (Phi) is 8.64. The molecule has 0 aliphatic heterocycles. The summed E-state index contributed by atoms with van der Waals surface area (Å²) in [6.07, 6.45) is 2.76. The van der Waals surface area contributed by atoms with Gasteiger partial charge in [-0.2, -0.15) is 0 Å². The molecule has 2 rings (SSSR count). The molecule has 22 heavy (non-hydrogen) atoms. The zero-order chi connectivity index (χ0) is 15.9. The van der Waals surface area contributed by atoms with E-state index in [-0.39, 0.29) is 19.0 Å². The van der Waals surface area contributed by atoms with Gasteiger partial charge in [0.2, 0.25) is 0 Å². The van der Waals surface area contributed by atoms with Crippen LogP contribution in [0.1, 0.15) is 12.8 Å². The van der Waals surface area contributed by atoms with Gasteiger partial charge < -0.3 is 0 Å². The second-order valence-corrected chi connectivity index (χ2v) is 12.6. The molecule has 0 saturated carbocycles. The molecule has 0 amide bonds. The molecule has 2 aromatic carbocycles. The molecule has 6 heteroatoms. The van der Waals surface area contributed by atoms with E-state index in [0.717, 1.165) is 0 Å². The van der Waals surface area contributed by atoms with Gasteiger partial charge in [0.05, 0.1) is 19.0 Å². The Bertz CT molecular complexity index is 576. The summed E-state index contributed by atoms with van der Waals surface area (Å²) >= 11 is 14.6. The average Bonchev–Trinajstić information content (AvgIpc) is 2.51. The van der Waals surface area contributed by atoms with E-state index in [4.69, 9.17) is 0 Å². The van der Waals surface area contributed by atoms with Gasteiger partial charge in [-0.15, -0.1) is 0 Å². The van der Waals surface area contributed by atoms with Crippen LogP contribution in [0.2, 0.25) is 12.1 Å². The first-order valence-corrected chi connectivity index (χ1v) is 14.0. The van der Waals surface area contributed by atoms with Gasteiger partial charge in [0.15, 0.2) is 0 Å². The fraction of sp³-hybridized carbons (Fsp3) is 0.250. The second kappa shape index (κ2) is 9.94. The van der Waals surface area contributed by atoms with Crippen molar-refractivity contribution in [1.29, 1.82) is 0 Å². The number of unbranched alkanes of at least 4 members (excludes halogenated alkanes) is 1. The number of halogens is 4. The average molecular weight is 586 g/mol. The minimum atomic E-state index is -0.145. The van der Waals surface area contributed by atoms with Crippen molar-refractivity contribution >= 4 is 93.1 Å². The molecule has 118 valence electrons. The number of hydrogen-bond acceptors (Lipinski definition) is 0. The second-order valence-electron chi connectivity index (χ2n) is 5.34. The first-order chi connectivity index (χ1) is 10.6. The van der Waals surface area contributed by atoms with Gasteiger partial charge in [0, 0.05) is 17.9 Å². The van der Waals surface area contributed by atoms with E-state index in [2.05, 4.69) is 100 Å². The van der Waals surface area contributed by atoms with Gasteiger partial charge in [-0.25, -0.2) is 0 Å². The van der Waals surface area contributed by atoms with E-state index < -0.39 is 0 Å². The van der Waals surface area contributed by atoms with Crippen LogP contribution in [0.25, 0.3) is 0 Å². The molecule has 0 aliphatic carbocycles. The highest BCUT2D eigenvalue weighted by Crippen LogP contribution is 2.21. The van der Waals surface area contributed by atoms with Crippen LogP contribution in [-0.4, -0.2) is 19.0 Å². The lowest BCUT2D eigenvalue weighted by atomic mass is 10.4. The Morgan fingerprint density at radius 2 is 1.05 bits per heavy atom. The van der Waals surface area contributed by atoms with Crippen LogP contribution >= 0.6 is 63.7 Å². The van der Waals surface area contributed by atoms with E-state index in [9.17, 15) is 0 Å². The summed E-state index contributed by atoms with van der Waals surface area (Å²) < 4.78 is 4.91. The number of rotatable bonds is 7. The molecule has 0 aromatic heterocycles. The van der Waals surface area contributed by atoms with Crippen molar-refractivity contribution in [3.63, 3.8) is 0 Å². The van der Waals surface area contributed by atoms with Gasteiger partial charge in [0.1, 0.15) is 0 Å². The van der Waals surface area contributed by atoms with Gasteiger partial charge in [-0.1, -0.05) is 59.6 Å². The van der Waals surface area contributed by atoms with Gasteiger partial charge in [-0.05, 0) is 75.9 Å². The predicted octanol–water partition coefficient (Wildman–Crippen LogP) is 4.64. The van der Waals surface area contributed by atoms with Crippen LogP contribution in [0.5, 0.6) is 0 Å². The summed E-state index contributed by atoms with van der Waals surface area (Å²) in [7, 11) is -0.290. The quantitative estimate of drug-likeness (QED) is 0.328. The molecule has 0 radical (unpaired) electrons. The summed E-state index contributed by atoms with van der Waals surface area (Å²) in [5, 5.41) is 3.09. The molecule has 0 unspecified atom stereocenters. The first-order valence-electron chi connectivity index (χ1n) is 7.45. The van der Waals surface area contributed by atoms with E-state index >= 15 is 0 Å². The van der Waals surface area contributed by atoms with Crippen LogP contribution in [0.15, 0.2) is 54.3 Å². The molecule has 0 nitrogen and oxygen atoms in total. The number of benzene rings is 2. The molecule has 0 aliphatic rings. The van der Waals surface area contributed by atoms with Gasteiger partial charge in [-0.3, -0.25) is 0 Å². The van der Waals surface area contributed by atoms with Crippen LogP contribution < -0.4 is 10.4 Å². The minimum Gasteiger partial charge on any atom is -0.0625 e. The lowest BCUT2D eigenvalue weighted by molar-refractivity contribution is 0.876. The Hall–Kier alpha value is 0.794. The summed E-state index contributed by atoms with van der Waals surface area (Å²) in [6.45, 7) is 0. The first kappa shape index (κ1) is 19.1. The molecule has 0 saturated heterocycles. The van der Waals surface area contributed by atoms with Crippen molar-refractivity contribution < 1.29 is 0 Å². The van der Waals surface area contributed by atoms with Crippen molar-refractivity contribution in [1.82, 2.24) is 0 Å². The summed E-state index contributed by atoms with van der Waals surface area (Å²) in [5.41, 5.74) is 0. The number of hydrogen-bond donors (Lipinski definition) is 0. The Morgan fingerprint density at radius 1 is 0.636 bits per heavy atom. The molecule has 0 N–H and O–H groups in total. The highest BCUT2D eigenvalue weighted by Gasteiger charge is 2.05. The highest BCUT2D eigenvalue weighted by molar-refractivity contribution is 9.13. The molecule has 0 atom stereocenters. The maximum Gasteiger partial charge on any atom is 0.0562 e. The van der Waals surface area contributed by atoms with Crippen molar-refractivity contribution in [2.75, 3.05) is 0 Å². The Labute approximate surface area is 171 Å². The Balaban J connectivity index is 1.70. The molecule has 0 fully saturated rings. The monoisotopic (exact) mass is 582 g/mol. The molecule has 2 aromatic rings. The predicted molar refractivity (Wildman–Crippen MR) is 119 cm³/mol. The molecular formula is C16H18Br4Si2.